The second-order valence-electron chi connectivity index (χ2n) is 7.78. The summed E-state index contributed by atoms with van der Waals surface area (Å²) in [5.41, 5.74) is 3.02. The number of rotatable bonds is 8. The molecule has 36 heavy (non-hydrogen) atoms. The number of nitro groups is 1. The Morgan fingerprint density at radius 3 is 2.58 bits per heavy atom. The van der Waals surface area contributed by atoms with E-state index in [-0.39, 0.29) is 29.5 Å². The van der Waals surface area contributed by atoms with Crippen molar-refractivity contribution in [2.45, 2.75) is 13.8 Å². The summed E-state index contributed by atoms with van der Waals surface area (Å²) in [6, 6.07) is 17.9. The van der Waals surface area contributed by atoms with E-state index in [1.807, 2.05) is 38.1 Å². The van der Waals surface area contributed by atoms with E-state index in [0.29, 0.717) is 15.8 Å². The molecule has 9 nitrogen and oxygen atoms in total. The SMILES string of the molecule is Cc1ccc(C)c(NC(=O)COc2ccc(/C=C(/C#N)C(=O)Nc3cccc([N+](=O)[O-])c3)cc2Br)c1. The maximum absolute atomic E-state index is 12.5. The molecule has 0 aromatic heterocycles. The molecule has 0 radical (unpaired) electrons. The minimum atomic E-state index is -0.711. The number of hydrogen-bond acceptors (Lipinski definition) is 6. The third-order valence-corrected chi connectivity index (χ3v) is 5.59. The lowest BCUT2D eigenvalue weighted by Crippen LogP contribution is -2.20. The molecule has 182 valence electrons. The second-order valence-corrected chi connectivity index (χ2v) is 8.63. The molecule has 3 rings (SSSR count). The van der Waals surface area contributed by atoms with Crippen molar-refractivity contribution in [1.82, 2.24) is 0 Å². The molecule has 0 aliphatic rings. The Morgan fingerprint density at radius 1 is 1.11 bits per heavy atom. The van der Waals surface area contributed by atoms with Gasteiger partial charge in [-0.2, -0.15) is 5.26 Å². The summed E-state index contributed by atoms with van der Waals surface area (Å²) in [5.74, 6) is -0.621. The highest BCUT2D eigenvalue weighted by Crippen LogP contribution is 2.27. The van der Waals surface area contributed by atoms with Crippen molar-refractivity contribution < 1.29 is 19.2 Å². The van der Waals surface area contributed by atoms with Gasteiger partial charge in [-0.1, -0.05) is 24.3 Å². The Morgan fingerprint density at radius 2 is 1.89 bits per heavy atom. The molecule has 3 aromatic rings. The van der Waals surface area contributed by atoms with E-state index >= 15 is 0 Å². The fourth-order valence-corrected chi connectivity index (χ4v) is 3.65. The molecular formula is C26H21BrN4O5. The van der Waals surface area contributed by atoms with Gasteiger partial charge in [0.15, 0.2) is 6.61 Å². The highest BCUT2D eigenvalue weighted by Gasteiger charge is 2.13. The molecule has 0 saturated carbocycles. The number of hydrogen-bond donors (Lipinski definition) is 2. The average molecular weight is 549 g/mol. The molecular weight excluding hydrogens is 528 g/mol. The normalized spacial score (nSPS) is 10.8. The zero-order chi connectivity index (χ0) is 26.2. The molecule has 0 saturated heterocycles. The van der Waals surface area contributed by atoms with Crippen LogP contribution in [0.15, 0.2) is 70.7 Å². The summed E-state index contributed by atoms with van der Waals surface area (Å²) in [6.07, 6.45) is 1.37. The monoisotopic (exact) mass is 548 g/mol. The third kappa shape index (κ3) is 7.01. The summed E-state index contributed by atoms with van der Waals surface area (Å²) in [4.78, 5) is 35.2. The average Bonchev–Trinajstić information content (AvgIpc) is 2.84. The number of ether oxygens (including phenoxy) is 1. The number of carbonyl (C=O) groups is 2. The highest BCUT2D eigenvalue weighted by molar-refractivity contribution is 9.10. The first kappa shape index (κ1) is 26.1. The lowest BCUT2D eigenvalue weighted by molar-refractivity contribution is -0.384. The van der Waals surface area contributed by atoms with Gasteiger partial charge in [-0.25, -0.2) is 0 Å². The molecule has 2 amide bonds. The highest BCUT2D eigenvalue weighted by atomic mass is 79.9. The number of carbonyl (C=O) groups excluding carboxylic acids is 2. The van der Waals surface area contributed by atoms with Crippen LogP contribution in [0.2, 0.25) is 0 Å². The number of non-ortho nitro benzene ring substituents is 1. The van der Waals surface area contributed by atoms with Gasteiger partial charge in [0.25, 0.3) is 17.5 Å². The Balaban J connectivity index is 1.65. The van der Waals surface area contributed by atoms with Gasteiger partial charge in [0.2, 0.25) is 0 Å². The van der Waals surface area contributed by atoms with Crippen LogP contribution in [0.5, 0.6) is 5.75 Å². The molecule has 2 N–H and O–H groups in total. The van der Waals surface area contributed by atoms with Crippen LogP contribution in [0.4, 0.5) is 17.1 Å². The van der Waals surface area contributed by atoms with Crippen molar-refractivity contribution in [2.75, 3.05) is 17.2 Å². The molecule has 0 aliphatic carbocycles. The molecule has 0 atom stereocenters. The first-order valence-corrected chi connectivity index (χ1v) is 11.4. The first-order valence-electron chi connectivity index (χ1n) is 10.6. The minimum absolute atomic E-state index is 0.183. The zero-order valence-corrected chi connectivity index (χ0v) is 21.0. The maximum atomic E-state index is 12.5. The second kappa shape index (κ2) is 11.8. The molecule has 0 fully saturated rings. The van der Waals surface area contributed by atoms with Crippen LogP contribution < -0.4 is 15.4 Å². The molecule has 0 bridgehead atoms. The Kier molecular flexibility index (Phi) is 8.54. The van der Waals surface area contributed by atoms with Crippen molar-refractivity contribution in [1.29, 1.82) is 5.26 Å². The van der Waals surface area contributed by atoms with Crippen LogP contribution in [0.1, 0.15) is 16.7 Å². The van der Waals surface area contributed by atoms with Crippen molar-refractivity contribution in [3.05, 3.63) is 97.5 Å². The Hall–Kier alpha value is -4.49. The fourth-order valence-electron chi connectivity index (χ4n) is 3.13. The van der Waals surface area contributed by atoms with E-state index in [9.17, 15) is 25.0 Å². The number of amides is 2. The van der Waals surface area contributed by atoms with E-state index in [2.05, 4.69) is 26.6 Å². The number of nitrogens with one attached hydrogen (secondary N) is 2. The number of benzene rings is 3. The van der Waals surface area contributed by atoms with Crippen molar-refractivity contribution >= 4 is 50.9 Å². The van der Waals surface area contributed by atoms with Gasteiger partial charge in [-0.05, 0) is 76.8 Å². The van der Waals surface area contributed by atoms with E-state index in [1.54, 1.807) is 18.2 Å². The van der Waals surface area contributed by atoms with Gasteiger partial charge in [-0.3, -0.25) is 19.7 Å². The van der Waals surface area contributed by atoms with Crippen molar-refractivity contribution in [3.63, 3.8) is 0 Å². The number of anilines is 2. The predicted octanol–water partition coefficient (Wildman–Crippen LogP) is 5.54. The fraction of sp³-hybridized carbons (Fsp3) is 0.115. The number of nitriles is 1. The van der Waals surface area contributed by atoms with Gasteiger partial charge < -0.3 is 15.4 Å². The van der Waals surface area contributed by atoms with Crippen LogP contribution in [0.25, 0.3) is 6.08 Å². The van der Waals surface area contributed by atoms with Crippen molar-refractivity contribution in [2.24, 2.45) is 0 Å². The summed E-state index contributed by atoms with van der Waals surface area (Å²) in [6.45, 7) is 3.63. The molecule has 3 aromatic carbocycles. The molecule has 0 unspecified atom stereocenters. The molecule has 10 heteroatoms. The van der Waals surface area contributed by atoms with E-state index < -0.39 is 10.8 Å². The van der Waals surface area contributed by atoms with Crippen LogP contribution in [0, 0.1) is 35.3 Å². The first-order chi connectivity index (χ1) is 17.2. The lowest BCUT2D eigenvalue weighted by atomic mass is 10.1. The summed E-state index contributed by atoms with van der Waals surface area (Å²) >= 11 is 3.38. The van der Waals surface area contributed by atoms with E-state index in [4.69, 9.17) is 4.74 Å². The summed E-state index contributed by atoms with van der Waals surface area (Å²) in [7, 11) is 0. The standard InChI is InChI=1S/C26H21BrN4O5/c1-16-6-7-17(2)23(10-16)30-25(32)15-36-24-9-8-18(12-22(24)27)11-19(14-28)26(33)29-20-4-3-5-21(13-20)31(34)35/h3-13H,15H2,1-2H3,(H,29,33)(H,30,32)/b19-11-. The Bertz CT molecular complexity index is 1410. The maximum Gasteiger partial charge on any atom is 0.271 e. The quantitative estimate of drug-likeness (QED) is 0.164. The van der Waals surface area contributed by atoms with Gasteiger partial charge in [0.1, 0.15) is 17.4 Å². The predicted molar refractivity (Wildman–Crippen MR) is 139 cm³/mol. The topological polar surface area (TPSA) is 134 Å². The summed E-state index contributed by atoms with van der Waals surface area (Å²) < 4.78 is 6.13. The molecule has 0 aliphatic heterocycles. The van der Waals surface area contributed by atoms with Gasteiger partial charge in [0.05, 0.1) is 9.40 Å². The van der Waals surface area contributed by atoms with Crippen LogP contribution in [-0.4, -0.2) is 23.3 Å². The zero-order valence-electron chi connectivity index (χ0n) is 19.4. The minimum Gasteiger partial charge on any atom is -0.483 e. The number of nitro benzene ring substituents is 1. The van der Waals surface area contributed by atoms with Gasteiger partial charge >= 0.3 is 0 Å². The van der Waals surface area contributed by atoms with E-state index in [1.165, 1.54) is 30.3 Å². The third-order valence-electron chi connectivity index (χ3n) is 4.97. The Labute approximate surface area is 215 Å². The largest absolute Gasteiger partial charge is 0.483 e. The van der Waals surface area contributed by atoms with Crippen LogP contribution >= 0.6 is 15.9 Å². The van der Waals surface area contributed by atoms with Gasteiger partial charge in [0, 0.05) is 23.5 Å². The van der Waals surface area contributed by atoms with Crippen LogP contribution in [-0.2, 0) is 9.59 Å². The van der Waals surface area contributed by atoms with Gasteiger partial charge in [-0.15, -0.1) is 0 Å². The number of halogens is 1. The number of nitrogens with zero attached hydrogens (tertiary/aromatic N) is 2. The molecule has 0 spiro atoms. The summed E-state index contributed by atoms with van der Waals surface area (Å²) in [5, 5.41) is 25.7. The van der Waals surface area contributed by atoms with E-state index in [0.717, 1.165) is 16.8 Å². The lowest BCUT2D eigenvalue weighted by Gasteiger charge is -2.11. The smallest absolute Gasteiger partial charge is 0.271 e. The number of aryl methyl sites for hydroxylation is 2. The van der Waals surface area contributed by atoms with Crippen LogP contribution in [0.3, 0.4) is 0 Å². The molecule has 0 heterocycles. The van der Waals surface area contributed by atoms with Crippen molar-refractivity contribution in [3.8, 4) is 11.8 Å².